The molecule has 0 aliphatic heterocycles. The first-order valence-electron chi connectivity index (χ1n) is 8.26. The lowest BCUT2D eigenvalue weighted by molar-refractivity contribution is -0.122. The van der Waals surface area contributed by atoms with Crippen LogP contribution in [0.2, 0.25) is 5.15 Å². The van der Waals surface area contributed by atoms with Crippen LogP contribution in [0.5, 0.6) is 0 Å². The van der Waals surface area contributed by atoms with Crippen molar-refractivity contribution >= 4 is 23.2 Å². The van der Waals surface area contributed by atoms with Crippen LogP contribution in [0.3, 0.4) is 0 Å². The lowest BCUT2D eigenvalue weighted by atomic mass is 10.2. The molecule has 25 heavy (non-hydrogen) atoms. The van der Waals surface area contributed by atoms with E-state index in [9.17, 15) is 4.79 Å². The third kappa shape index (κ3) is 5.47. The second-order valence-electron chi connectivity index (χ2n) is 6.28. The number of halogens is 1. The van der Waals surface area contributed by atoms with Crippen LogP contribution in [0.1, 0.15) is 25.1 Å². The second kappa shape index (κ2) is 8.87. The Morgan fingerprint density at radius 2 is 2.20 bits per heavy atom. The van der Waals surface area contributed by atoms with E-state index in [4.69, 9.17) is 16.7 Å². The number of hydrogen-bond acceptors (Lipinski definition) is 5. The van der Waals surface area contributed by atoms with Crippen LogP contribution in [0.25, 0.3) is 0 Å². The van der Waals surface area contributed by atoms with Crippen molar-refractivity contribution in [2.75, 3.05) is 18.5 Å². The van der Waals surface area contributed by atoms with E-state index in [-0.39, 0.29) is 25.6 Å². The van der Waals surface area contributed by atoms with Gasteiger partial charge in [-0.3, -0.25) is 14.2 Å². The van der Waals surface area contributed by atoms with Gasteiger partial charge in [-0.2, -0.15) is 10.2 Å². The van der Waals surface area contributed by atoms with Crippen LogP contribution < -0.4 is 10.6 Å². The molecular weight excluding hydrogens is 344 g/mol. The maximum atomic E-state index is 11.6. The molecule has 2 rings (SSSR count). The maximum absolute atomic E-state index is 11.6. The lowest BCUT2D eigenvalue weighted by Gasteiger charge is -2.07. The summed E-state index contributed by atoms with van der Waals surface area (Å²) in [5, 5.41) is 23.8. The van der Waals surface area contributed by atoms with E-state index in [1.54, 1.807) is 12.4 Å². The normalized spacial score (nSPS) is 11.1. The average Bonchev–Trinajstić information content (AvgIpc) is 3.08. The number of carbonyl (C=O) groups excluding carboxylic acids is 1. The predicted molar refractivity (Wildman–Crippen MR) is 96.5 cm³/mol. The van der Waals surface area contributed by atoms with E-state index in [1.165, 1.54) is 4.68 Å². The minimum absolute atomic E-state index is 0.0811. The Morgan fingerprint density at radius 3 is 2.88 bits per heavy atom. The van der Waals surface area contributed by atoms with Crippen LogP contribution in [-0.4, -0.2) is 43.7 Å². The number of carbonyl (C=O) groups is 1. The molecule has 8 nitrogen and oxygen atoms in total. The minimum Gasteiger partial charge on any atom is -0.395 e. The van der Waals surface area contributed by atoms with E-state index >= 15 is 0 Å². The Kier molecular flexibility index (Phi) is 6.83. The quantitative estimate of drug-likeness (QED) is 0.622. The second-order valence-corrected chi connectivity index (χ2v) is 6.64. The summed E-state index contributed by atoms with van der Waals surface area (Å²) in [5.41, 5.74) is 2.65. The summed E-state index contributed by atoms with van der Waals surface area (Å²) in [7, 11) is 0. The third-order valence-electron chi connectivity index (χ3n) is 3.56. The number of amides is 1. The smallest absolute Gasteiger partial charge is 0.241 e. The summed E-state index contributed by atoms with van der Waals surface area (Å²) in [6.07, 6.45) is 3.40. The van der Waals surface area contributed by atoms with Crippen molar-refractivity contribution in [3.63, 3.8) is 0 Å². The lowest BCUT2D eigenvalue weighted by Crippen LogP contribution is -2.30. The molecule has 9 heteroatoms. The number of aliphatic hydroxyl groups is 1. The molecule has 0 unspecified atom stereocenters. The van der Waals surface area contributed by atoms with Crippen LogP contribution in [-0.2, 0) is 24.4 Å². The topological polar surface area (TPSA) is 97.0 Å². The molecule has 0 atom stereocenters. The average molecular weight is 369 g/mol. The fourth-order valence-corrected chi connectivity index (χ4v) is 2.70. The summed E-state index contributed by atoms with van der Waals surface area (Å²) in [5.74, 6) is 0.269. The number of rotatable bonds is 9. The standard InChI is InChI=1S/C16H25ClN6O2/c1-11(2)8-23-16(17)14(12(3)21-23)7-19-13-6-20-22(9-13)10-15(25)18-4-5-24/h6,9,11,19,24H,4-5,7-8,10H2,1-3H3,(H,18,25). The van der Waals surface area contributed by atoms with E-state index in [2.05, 4.69) is 34.7 Å². The highest BCUT2D eigenvalue weighted by molar-refractivity contribution is 6.30. The van der Waals surface area contributed by atoms with Gasteiger partial charge >= 0.3 is 0 Å². The van der Waals surface area contributed by atoms with E-state index < -0.39 is 0 Å². The molecule has 0 aliphatic rings. The zero-order valence-corrected chi connectivity index (χ0v) is 15.5. The van der Waals surface area contributed by atoms with Gasteiger partial charge in [-0.15, -0.1) is 0 Å². The zero-order valence-electron chi connectivity index (χ0n) is 14.8. The highest BCUT2D eigenvalue weighted by atomic mass is 35.5. The van der Waals surface area contributed by atoms with Crippen molar-refractivity contribution in [2.24, 2.45) is 5.92 Å². The highest BCUT2D eigenvalue weighted by Gasteiger charge is 2.14. The van der Waals surface area contributed by atoms with Gasteiger partial charge in [0.15, 0.2) is 0 Å². The molecule has 0 saturated heterocycles. The van der Waals surface area contributed by atoms with Gasteiger partial charge in [-0.05, 0) is 12.8 Å². The van der Waals surface area contributed by atoms with Gasteiger partial charge in [0.1, 0.15) is 11.7 Å². The van der Waals surface area contributed by atoms with E-state index in [0.29, 0.717) is 17.6 Å². The number of aromatic nitrogens is 4. The monoisotopic (exact) mass is 368 g/mol. The molecule has 2 heterocycles. The molecular formula is C16H25ClN6O2. The van der Waals surface area contributed by atoms with Crippen LogP contribution in [0.15, 0.2) is 12.4 Å². The van der Waals surface area contributed by atoms with Gasteiger partial charge in [0.25, 0.3) is 0 Å². The number of nitrogens with zero attached hydrogens (tertiary/aromatic N) is 4. The Bertz CT molecular complexity index is 710. The van der Waals surface area contributed by atoms with Crippen LogP contribution >= 0.6 is 11.6 Å². The maximum Gasteiger partial charge on any atom is 0.241 e. The molecule has 1 amide bonds. The Morgan fingerprint density at radius 1 is 1.44 bits per heavy atom. The Labute approximate surface area is 152 Å². The zero-order chi connectivity index (χ0) is 18.4. The molecule has 2 aromatic heterocycles. The molecule has 0 radical (unpaired) electrons. The molecule has 3 N–H and O–H groups in total. The summed E-state index contributed by atoms with van der Waals surface area (Å²) in [6, 6.07) is 0. The van der Waals surface area contributed by atoms with Crippen molar-refractivity contribution < 1.29 is 9.90 Å². The minimum atomic E-state index is -0.197. The molecule has 0 aliphatic carbocycles. The summed E-state index contributed by atoms with van der Waals surface area (Å²) in [4.78, 5) is 11.6. The van der Waals surface area contributed by atoms with Crippen LogP contribution in [0, 0.1) is 12.8 Å². The van der Waals surface area contributed by atoms with Crippen molar-refractivity contribution in [1.29, 1.82) is 0 Å². The Balaban J connectivity index is 1.94. The first-order valence-corrected chi connectivity index (χ1v) is 8.64. The van der Waals surface area contributed by atoms with Crippen molar-refractivity contribution in [2.45, 2.75) is 40.4 Å². The first kappa shape index (κ1) is 19.3. The van der Waals surface area contributed by atoms with Gasteiger partial charge < -0.3 is 15.7 Å². The number of aryl methyl sites for hydroxylation is 1. The molecule has 0 fully saturated rings. The van der Waals surface area contributed by atoms with Gasteiger partial charge in [0.05, 0.1) is 24.2 Å². The number of anilines is 1. The summed E-state index contributed by atoms with van der Waals surface area (Å²) in [6.45, 7) is 7.76. The molecule has 0 spiro atoms. The summed E-state index contributed by atoms with van der Waals surface area (Å²) < 4.78 is 3.36. The van der Waals surface area contributed by atoms with Gasteiger partial charge in [0.2, 0.25) is 5.91 Å². The molecule has 0 bridgehead atoms. The van der Waals surface area contributed by atoms with E-state index in [0.717, 1.165) is 23.5 Å². The first-order chi connectivity index (χ1) is 11.9. The van der Waals surface area contributed by atoms with Gasteiger partial charge in [-0.1, -0.05) is 25.4 Å². The van der Waals surface area contributed by atoms with Crippen molar-refractivity contribution in [3.05, 3.63) is 28.8 Å². The fourth-order valence-electron chi connectivity index (χ4n) is 2.39. The molecule has 0 saturated carbocycles. The third-order valence-corrected chi connectivity index (χ3v) is 3.99. The highest BCUT2D eigenvalue weighted by Crippen LogP contribution is 2.22. The SMILES string of the molecule is Cc1nn(CC(C)C)c(Cl)c1CNc1cnn(CC(=O)NCCO)c1. The number of hydrogen-bond donors (Lipinski definition) is 3. The predicted octanol–water partition coefficient (Wildman–Crippen LogP) is 1.42. The Hall–Kier alpha value is -2.06. The molecule has 0 aromatic carbocycles. The molecule has 138 valence electrons. The molecule has 2 aromatic rings. The largest absolute Gasteiger partial charge is 0.395 e. The van der Waals surface area contributed by atoms with Gasteiger partial charge in [-0.25, -0.2) is 0 Å². The van der Waals surface area contributed by atoms with Crippen LogP contribution in [0.4, 0.5) is 5.69 Å². The number of nitrogens with one attached hydrogen (secondary N) is 2. The van der Waals surface area contributed by atoms with Crippen molar-refractivity contribution in [1.82, 2.24) is 24.9 Å². The van der Waals surface area contributed by atoms with Gasteiger partial charge in [0, 0.05) is 31.4 Å². The van der Waals surface area contributed by atoms with E-state index in [1.807, 2.05) is 11.6 Å². The van der Waals surface area contributed by atoms with Crippen molar-refractivity contribution in [3.8, 4) is 0 Å². The number of aliphatic hydroxyl groups excluding tert-OH is 1. The fraction of sp³-hybridized carbons (Fsp3) is 0.562. The summed E-state index contributed by atoms with van der Waals surface area (Å²) >= 11 is 6.43.